The Morgan fingerprint density at radius 1 is 1.25 bits per heavy atom. The number of benzene rings is 1. The molecule has 0 aromatic heterocycles. The van der Waals surface area contributed by atoms with Crippen molar-refractivity contribution in [2.45, 2.75) is 50.7 Å². The highest BCUT2D eigenvalue weighted by Crippen LogP contribution is 2.26. The van der Waals surface area contributed by atoms with Gasteiger partial charge in [-0.05, 0) is 18.9 Å². The fraction of sp³-hybridized carbons (Fsp3) is 0.562. The van der Waals surface area contributed by atoms with Crippen LogP contribution >= 0.6 is 0 Å². The second kappa shape index (κ2) is 6.83. The maximum atomic E-state index is 13.9. The van der Waals surface area contributed by atoms with Gasteiger partial charge in [-0.1, -0.05) is 37.8 Å². The van der Waals surface area contributed by atoms with Crippen molar-refractivity contribution < 1.29 is 9.50 Å². The molecule has 0 heterocycles. The minimum absolute atomic E-state index is 0.0671. The van der Waals surface area contributed by atoms with Crippen molar-refractivity contribution in [3.63, 3.8) is 0 Å². The average molecular weight is 276 g/mol. The van der Waals surface area contributed by atoms with Crippen molar-refractivity contribution in [2.75, 3.05) is 6.54 Å². The molecule has 3 nitrogen and oxygen atoms in total. The summed E-state index contributed by atoms with van der Waals surface area (Å²) in [5.41, 5.74) is -0.126. The van der Waals surface area contributed by atoms with Crippen LogP contribution < -0.4 is 5.32 Å². The molecule has 1 aromatic carbocycles. The van der Waals surface area contributed by atoms with E-state index < -0.39 is 11.4 Å². The van der Waals surface area contributed by atoms with E-state index in [0.29, 0.717) is 18.7 Å². The van der Waals surface area contributed by atoms with Crippen molar-refractivity contribution in [1.29, 1.82) is 5.26 Å². The second-order valence-electron chi connectivity index (χ2n) is 5.63. The zero-order valence-electron chi connectivity index (χ0n) is 11.7. The van der Waals surface area contributed by atoms with Crippen molar-refractivity contribution >= 4 is 0 Å². The van der Waals surface area contributed by atoms with Gasteiger partial charge in [0.15, 0.2) is 0 Å². The molecule has 20 heavy (non-hydrogen) atoms. The van der Waals surface area contributed by atoms with Crippen LogP contribution in [0.2, 0.25) is 0 Å². The van der Waals surface area contributed by atoms with Crippen LogP contribution in [0.4, 0.5) is 4.39 Å². The molecular formula is C16H21FN2O. The van der Waals surface area contributed by atoms with Gasteiger partial charge in [0.25, 0.3) is 0 Å². The lowest BCUT2D eigenvalue weighted by Gasteiger charge is -2.27. The Labute approximate surface area is 119 Å². The predicted octanol–water partition coefficient (Wildman–Crippen LogP) is 2.87. The molecule has 1 aliphatic carbocycles. The van der Waals surface area contributed by atoms with Gasteiger partial charge in [-0.15, -0.1) is 0 Å². The summed E-state index contributed by atoms with van der Waals surface area (Å²) in [6.07, 6.45) is 6.08. The van der Waals surface area contributed by atoms with E-state index in [2.05, 4.69) is 5.32 Å². The summed E-state index contributed by atoms with van der Waals surface area (Å²) in [5, 5.41) is 22.4. The molecule has 4 heteroatoms. The van der Waals surface area contributed by atoms with Crippen LogP contribution in [0.25, 0.3) is 0 Å². The fourth-order valence-electron chi connectivity index (χ4n) is 2.80. The number of halogens is 1. The first-order chi connectivity index (χ1) is 9.64. The van der Waals surface area contributed by atoms with E-state index in [1.807, 2.05) is 6.07 Å². The summed E-state index contributed by atoms with van der Waals surface area (Å²) in [6.45, 7) is 0.812. The molecule has 0 amide bonds. The molecule has 0 spiro atoms. The van der Waals surface area contributed by atoms with E-state index in [1.165, 1.54) is 18.9 Å². The Kier molecular flexibility index (Phi) is 5.11. The van der Waals surface area contributed by atoms with Crippen molar-refractivity contribution in [2.24, 2.45) is 0 Å². The molecule has 1 aliphatic rings. The molecule has 2 N–H and O–H groups in total. The molecule has 0 bridgehead atoms. The van der Waals surface area contributed by atoms with Gasteiger partial charge in [0.1, 0.15) is 11.9 Å². The van der Waals surface area contributed by atoms with Crippen LogP contribution in [-0.2, 0) is 6.54 Å². The van der Waals surface area contributed by atoms with E-state index >= 15 is 0 Å². The van der Waals surface area contributed by atoms with Crippen molar-refractivity contribution in [1.82, 2.24) is 5.32 Å². The molecular weight excluding hydrogens is 255 g/mol. The Balaban J connectivity index is 1.91. The lowest BCUT2D eigenvalue weighted by molar-refractivity contribution is 0.0250. The molecule has 1 saturated carbocycles. The van der Waals surface area contributed by atoms with E-state index in [1.54, 1.807) is 12.1 Å². The standard InChI is InChI=1S/C16H21FN2O/c17-15-13(10-18)6-5-7-14(15)11-19-12-16(20)8-3-1-2-4-9-16/h5-7,19-20H,1-4,8-9,11-12H2. The number of hydrogen-bond donors (Lipinski definition) is 2. The van der Waals surface area contributed by atoms with Crippen molar-refractivity contribution in [3.8, 4) is 6.07 Å². The van der Waals surface area contributed by atoms with Gasteiger partial charge < -0.3 is 10.4 Å². The highest BCUT2D eigenvalue weighted by molar-refractivity contribution is 5.34. The van der Waals surface area contributed by atoms with Crippen LogP contribution in [0.5, 0.6) is 0 Å². The van der Waals surface area contributed by atoms with E-state index in [9.17, 15) is 9.50 Å². The Morgan fingerprint density at radius 3 is 2.60 bits per heavy atom. The Bertz CT molecular complexity index is 488. The lowest BCUT2D eigenvalue weighted by Crippen LogP contribution is -2.40. The number of nitriles is 1. The maximum absolute atomic E-state index is 13.9. The van der Waals surface area contributed by atoms with Crippen LogP contribution in [0.15, 0.2) is 18.2 Å². The third kappa shape index (κ3) is 3.78. The fourth-order valence-corrected chi connectivity index (χ4v) is 2.80. The highest BCUT2D eigenvalue weighted by atomic mass is 19.1. The van der Waals surface area contributed by atoms with Gasteiger partial charge in [0, 0.05) is 18.7 Å². The summed E-state index contributed by atoms with van der Waals surface area (Å²) in [6, 6.07) is 6.66. The molecule has 108 valence electrons. The van der Waals surface area contributed by atoms with E-state index in [-0.39, 0.29) is 5.56 Å². The number of nitrogens with zero attached hydrogens (tertiary/aromatic N) is 1. The summed E-state index contributed by atoms with van der Waals surface area (Å²) >= 11 is 0. The molecule has 0 atom stereocenters. The summed E-state index contributed by atoms with van der Waals surface area (Å²) in [4.78, 5) is 0. The zero-order valence-corrected chi connectivity index (χ0v) is 11.7. The smallest absolute Gasteiger partial charge is 0.145 e. The summed E-state index contributed by atoms with van der Waals surface area (Å²) in [5.74, 6) is -0.463. The molecule has 2 rings (SSSR count). The zero-order chi connectivity index (χ0) is 14.4. The van der Waals surface area contributed by atoms with Gasteiger partial charge in [-0.2, -0.15) is 5.26 Å². The average Bonchev–Trinajstić information content (AvgIpc) is 2.66. The quantitative estimate of drug-likeness (QED) is 0.831. The van der Waals surface area contributed by atoms with Gasteiger partial charge in [0.2, 0.25) is 0 Å². The Morgan fingerprint density at radius 2 is 1.95 bits per heavy atom. The number of aliphatic hydroxyl groups is 1. The largest absolute Gasteiger partial charge is 0.389 e. The molecule has 0 radical (unpaired) electrons. The third-order valence-corrected chi connectivity index (χ3v) is 4.00. The summed E-state index contributed by atoms with van der Waals surface area (Å²) in [7, 11) is 0. The molecule has 1 fully saturated rings. The second-order valence-corrected chi connectivity index (χ2v) is 5.63. The Hall–Kier alpha value is -1.44. The van der Waals surface area contributed by atoms with Gasteiger partial charge in [0.05, 0.1) is 11.2 Å². The highest BCUT2D eigenvalue weighted by Gasteiger charge is 2.27. The van der Waals surface area contributed by atoms with E-state index in [4.69, 9.17) is 5.26 Å². The first-order valence-corrected chi connectivity index (χ1v) is 7.25. The van der Waals surface area contributed by atoms with E-state index in [0.717, 1.165) is 25.7 Å². The number of rotatable bonds is 4. The third-order valence-electron chi connectivity index (χ3n) is 4.00. The maximum Gasteiger partial charge on any atom is 0.145 e. The predicted molar refractivity (Wildman–Crippen MR) is 75.5 cm³/mol. The van der Waals surface area contributed by atoms with Crippen molar-refractivity contribution in [3.05, 3.63) is 35.1 Å². The molecule has 0 unspecified atom stereocenters. The minimum atomic E-state index is -0.667. The topological polar surface area (TPSA) is 56.0 Å². The minimum Gasteiger partial charge on any atom is -0.389 e. The lowest BCUT2D eigenvalue weighted by atomic mass is 9.94. The molecule has 1 aromatic rings. The first kappa shape index (κ1) is 15.0. The molecule has 0 saturated heterocycles. The van der Waals surface area contributed by atoms with Crippen LogP contribution in [0, 0.1) is 17.1 Å². The first-order valence-electron chi connectivity index (χ1n) is 7.25. The number of hydrogen-bond acceptors (Lipinski definition) is 3. The van der Waals surface area contributed by atoms with Gasteiger partial charge >= 0.3 is 0 Å². The number of nitrogens with one attached hydrogen (secondary N) is 1. The SMILES string of the molecule is N#Cc1cccc(CNCC2(O)CCCCCC2)c1F. The monoisotopic (exact) mass is 276 g/mol. The summed E-state index contributed by atoms with van der Waals surface area (Å²) < 4.78 is 13.9. The normalized spacial score (nSPS) is 18.2. The van der Waals surface area contributed by atoms with Gasteiger partial charge in [-0.3, -0.25) is 0 Å². The van der Waals surface area contributed by atoms with Crippen LogP contribution in [-0.4, -0.2) is 17.3 Å². The van der Waals surface area contributed by atoms with Gasteiger partial charge in [-0.25, -0.2) is 4.39 Å². The van der Waals surface area contributed by atoms with Crippen LogP contribution in [0.1, 0.15) is 49.7 Å². The molecule has 0 aliphatic heterocycles. The van der Waals surface area contributed by atoms with Crippen LogP contribution in [0.3, 0.4) is 0 Å².